The summed E-state index contributed by atoms with van der Waals surface area (Å²) in [4.78, 5) is 20.3. The number of benzene rings is 1. The summed E-state index contributed by atoms with van der Waals surface area (Å²) in [6.07, 6.45) is 4.44. The summed E-state index contributed by atoms with van der Waals surface area (Å²) in [5.41, 5.74) is 0.795. The molecule has 10 nitrogen and oxygen atoms in total. The summed E-state index contributed by atoms with van der Waals surface area (Å²) in [5, 5.41) is 31.5. The van der Waals surface area contributed by atoms with Gasteiger partial charge in [-0.25, -0.2) is 9.37 Å². The molecule has 2 unspecified atom stereocenters. The van der Waals surface area contributed by atoms with Gasteiger partial charge in [-0.1, -0.05) is 29.8 Å². The Kier molecular flexibility index (Phi) is 7.92. The van der Waals surface area contributed by atoms with E-state index in [0.29, 0.717) is 5.69 Å². The van der Waals surface area contributed by atoms with E-state index in [9.17, 15) is 14.3 Å². The maximum absolute atomic E-state index is 14.1. The second-order valence-corrected chi connectivity index (χ2v) is 7.40. The van der Waals surface area contributed by atoms with Gasteiger partial charge in [0.15, 0.2) is 5.82 Å². The first-order valence-corrected chi connectivity index (χ1v) is 10.1. The first-order valence-electron chi connectivity index (χ1n) is 9.73. The van der Waals surface area contributed by atoms with E-state index in [2.05, 4.69) is 31.0 Å². The van der Waals surface area contributed by atoms with E-state index in [1.54, 1.807) is 31.3 Å². The maximum Gasteiger partial charge on any atom is 0.242 e. The molecule has 3 rings (SSSR count). The standard InChI is InChI=1S/C20H23ClFN7O3/c1-12(10-30)25-18(32)9-29-8-13(6-24-29)26-20-23-7-15(21)19(28-20)27-17(11-31)14-4-2-3-5-16(14)22/h2-8,12,17,30-31H,9-11H2,1H3,(H,25,32)(H2,23,26,27,28). The Morgan fingerprint density at radius 3 is 2.75 bits per heavy atom. The number of aromatic nitrogens is 4. The van der Waals surface area contributed by atoms with Crippen molar-refractivity contribution in [3.63, 3.8) is 0 Å². The number of halogens is 2. The molecule has 0 spiro atoms. The van der Waals surface area contributed by atoms with Crippen molar-refractivity contribution in [2.75, 3.05) is 23.8 Å². The third-order valence-corrected chi connectivity index (χ3v) is 4.67. The van der Waals surface area contributed by atoms with Crippen LogP contribution >= 0.6 is 11.6 Å². The van der Waals surface area contributed by atoms with Gasteiger partial charge in [0.05, 0.1) is 37.3 Å². The molecule has 0 bridgehead atoms. The van der Waals surface area contributed by atoms with Gasteiger partial charge >= 0.3 is 0 Å². The highest BCUT2D eigenvalue weighted by Gasteiger charge is 2.17. The van der Waals surface area contributed by atoms with E-state index in [0.717, 1.165) is 0 Å². The third kappa shape index (κ3) is 6.13. The molecule has 3 aromatic rings. The van der Waals surface area contributed by atoms with Crippen molar-refractivity contribution in [3.05, 3.63) is 59.3 Å². The molecule has 0 saturated carbocycles. The lowest BCUT2D eigenvalue weighted by atomic mass is 10.1. The number of carbonyl (C=O) groups excluding carboxylic acids is 1. The predicted octanol–water partition coefficient (Wildman–Crippen LogP) is 1.85. The molecule has 0 aliphatic carbocycles. The van der Waals surface area contributed by atoms with Crippen LogP contribution < -0.4 is 16.0 Å². The van der Waals surface area contributed by atoms with Crippen LogP contribution in [-0.4, -0.2) is 55.1 Å². The number of amides is 1. The number of hydrogen-bond donors (Lipinski definition) is 5. The van der Waals surface area contributed by atoms with Gasteiger partial charge in [-0.3, -0.25) is 9.48 Å². The number of nitrogens with one attached hydrogen (secondary N) is 3. The van der Waals surface area contributed by atoms with Crippen LogP contribution in [0.25, 0.3) is 0 Å². The van der Waals surface area contributed by atoms with Crippen molar-refractivity contribution in [1.29, 1.82) is 0 Å². The van der Waals surface area contributed by atoms with Crippen LogP contribution in [0, 0.1) is 5.82 Å². The molecular formula is C20H23ClFN7O3. The van der Waals surface area contributed by atoms with Gasteiger partial charge in [-0.2, -0.15) is 10.1 Å². The van der Waals surface area contributed by atoms with Crippen molar-refractivity contribution in [2.24, 2.45) is 0 Å². The van der Waals surface area contributed by atoms with Gasteiger partial charge in [-0.15, -0.1) is 0 Å². The average molecular weight is 464 g/mol. The monoisotopic (exact) mass is 463 g/mol. The lowest BCUT2D eigenvalue weighted by molar-refractivity contribution is -0.122. The van der Waals surface area contributed by atoms with E-state index >= 15 is 0 Å². The van der Waals surface area contributed by atoms with Crippen LogP contribution in [0.5, 0.6) is 0 Å². The summed E-state index contributed by atoms with van der Waals surface area (Å²) in [7, 11) is 0. The first kappa shape index (κ1) is 23.4. The molecule has 1 amide bonds. The summed E-state index contributed by atoms with van der Waals surface area (Å²) in [5.74, 6) is -0.373. The second kappa shape index (κ2) is 10.8. The van der Waals surface area contributed by atoms with E-state index in [1.165, 1.54) is 23.1 Å². The van der Waals surface area contributed by atoms with Crippen LogP contribution in [0.15, 0.2) is 42.9 Å². The van der Waals surface area contributed by atoms with Crippen molar-refractivity contribution in [2.45, 2.75) is 25.6 Å². The van der Waals surface area contributed by atoms with E-state index < -0.39 is 11.9 Å². The minimum absolute atomic E-state index is 0.0267. The van der Waals surface area contributed by atoms with Gasteiger partial charge < -0.3 is 26.2 Å². The summed E-state index contributed by atoms with van der Waals surface area (Å²) < 4.78 is 15.5. The Balaban J connectivity index is 1.69. The van der Waals surface area contributed by atoms with Crippen molar-refractivity contribution < 1.29 is 19.4 Å². The molecule has 0 saturated heterocycles. The van der Waals surface area contributed by atoms with E-state index in [4.69, 9.17) is 16.7 Å². The number of anilines is 3. The molecule has 12 heteroatoms. The molecular weight excluding hydrogens is 441 g/mol. The van der Waals surface area contributed by atoms with Crippen molar-refractivity contribution >= 4 is 35.0 Å². The van der Waals surface area contributed by atoms with Crippen molar-refractivity contribution in [3.8, 4) is 0 Å². The van der Waals surface area contributed by atoms with Gasteiger partial charge in [0.2, 0.25) is 11.9 Å². The maximum atomic E-state index is 14.1. The zero-order valence-corrected chi connectivity index (χ0v) is 17.9. The van der Waals surface area contributed by atoms with Gasteiger partial charge in [0, 0.05) is 17.8 Å². The Morgan fingerprint density at radius 1 is 1.25 bits per heavy atom. The van der Waals surface area contributed by atoms with Crippen LogP contribution in [-0.2, 0) is 11.3 Å². The third-order valence-electron chi connectivity index (χ3n) is 4.39. The molecule has 2 aromatic heterocycles. The molecule has 1 aromatic carbocycles. The van der Waals surface area contributed by atoms with Crippen LogP contribution in [0.4, 0.5) is 21.8 Å². The molecule has 0 fully saturated rings. The summed E-state index contributed by atoms with van der Waals surface area (Å²) in [6.45, 7) is 1.12. The fraction of sp³-hybridized carbons (Fsp3) is 0.300. The summed E-state index contributed by atoms with van der Waals surface area (Å²) in [6, 6.07) is 4.97. The van der Waals surface area contributed by atoms with Gasteiger partial charge in [0.25, 0.3) is 0 Å². The zero-order valence-electron chi connectivity index (χ0n) is 17.2. The Bertz CT molecular complexity index is 1070. The van der Waals surface area contributed by atoms with Crippen molar-refractivity contribution in [1.82, 2.24) is 25.1 Å². The Hall–Kier alpha value is -3.28. The SMILES string of the molecule is CC(CO)NC(=O)Cn1cc(Nc2ncc(Cl)c(NC(CO)c3ccccc3F)n2)cn1. The number of rotatable bonds is 10. The van der Waals surface area contributed by atoms with Crippen LogP contribution in [0.2, 0.25) is 5.02 Å². The number of hydrogen-bond acceptors (Lipinski definition) is 8. The average Bonchev–Trinajstić information content (AvgIpc) is 3.20. The Morgan fingerprint density at radius 2 is 2.03 bits per heavy atom. The number of aliphatic hydroxyl groups is 2. The fourth-order valence-corrected chi connectivity index (χ4v) is 2.98. The number of nitrogens with zero attached hydrogens (tertiary/aromatic N) is 4. The molecule has 0 radical (unpaired) electrons. The van der Waals surface area contributed by atoms with Gasteiger partial charge in [-0.05, 0) is 13.0 Å². The second-order valence-electron chi connectivity index (χ2n) is 6.99. The molecule has 2 heterocycles. The quantitative estimate of drug-likeness (QED) is 0.307. The van der Waals surface area contributed by atoms with Crippen LogP contribution in [0.1, 0.15) is 18.5 Å². The predicted molar refractivity (Wildman–Crippen MR) is 117 cm³/mol. The molecule has 0 aliphatic rings. The Labute approximate surface area is 188 Å². The van der Waals surface area contributed by atoms with E-state index in [-0.39, 0.29) is 54.1 Å². The molecule has 170 valence electrons. The molecule has 32 heavy (non-hydrogen) atoms. The highest BCUT2D eigenvalue weighted by molar-refractivity contribution is 6.32. The largest absolute Gasteiger partial charge is 0.394 e. The minimum atomic E-state index is -0.765. The zero-order chi connectivity index (χ0) is 23.1. The first-order chi connectivity index (χ1) is 15.4. The molecule has 0 aliphatic heterocycles. The normalized spacial score (nSPS) is 12.8. The highest BCUT2D eigenvalue weighted by atomic mass is 35.5. The number of aliphatic hydroxyl groups excluding tert-OH is 2. The lowest BCUT2D eigenvalue weighted by Gasteiger charge is -2.19. The fourth-order valence-electron chi connectivity index (χ4n) is 2.83. The van der Waals surface area contributed by atoms with Gasteiger partial charge in [0.1, 0.15) is 17.4 Å². The van der Waals surface area contributed by atoms with E-state index in [1.807, 2.05) is 0 Å². The smallest absolute Gasteiger partial charge is 0.242 e. The molecule has 2 atom stereocenters. The minimum Gasteiger partial charge on any atom is -0.394 e. The lowest BCUT2D eigenvalue weighted by Crippen LogP contribution is -2.37. The van der Waals surface area contributed by atoms with Crippen LogP contribution in [0.3, 0.4) is 0 Å². The topological polar surface area (TPSA) is 137 Å². The summed E-state index contributed by atoms with van der Waals surface area (Å²) >= 11 is 6.17. The number of carbonyl (C=O) groups is 1. The molecule has 5 N–H and O–H groups in total. The highest BCUT2D eigenvalue weighted by Crippen LogP contribution is 2.26.